The Hall–Kier alpha value is -4.71. The molecule has 1 aromatic carbocycles. The van der Waals surface area contributed by atoms with Crippen molar-refractivity contribution >= 4 is 40.0 Å². The molecule has 3 amide bonds. The van der Waals surface area contributed by atoms with Crippen molar-refractivity contribution in [3.8, 4) is 11.5 Å². The highest BCUT2D eigenvalue weighted by molar-refractivity contribution is 5.98. The molecule has 0 spiro atoms. The maximum Gasteiger partial charge on any atom is 0.410 e. The average molecular weight is 641 g/mol. The molecule has 2 fully saturated rings. The SMILES string of the molecule is CN(C)C/C=C/C(=O)N[C@H]1CN(C(=O)OC(C)(C)C)C[C@@H]1NC(=O)c1ccc2c(c1)nc(-c1cc3cccnc3n1CC1CC1)n2C. The molecule has 2 atom stereocenters. The quantitative estimate of drug-likeness (QED) is 0.265. The van der Waals surface area contributed by atoms with Crippen molar-refractivity contribution in [2.75, 3.05) is 33.7 Å². The van der Waals surface area contributed by atoms with Gasteiger partial charge in [0.25, 0.3) is 5.91 Å². The number of rotatable bonds is 9. The van der Waals surface area contributed by atoms with Crippen LogP contribution in [0.15, 0.2) is 54.7 Å². The van der Waals surface area contributed by atoms with E-state index in [0.717, 1.165) is 34.6 Å². The minimum absolute atomic E-state index is 0.197. The third-order valence-electron chi connectivity index (χ3n) is 8.52. The number of pyridine rings is 1. The minimum Gasteiger partial charge on any atom is -0.444 e. The molecule has 248 valence electrons. The zero-order chi connectivity index (χ0) is 33.5. The average Bonchev–Trinajstić information content (AvgIpc) is 3.51. The number of ether oxygens (including phenoxy) is 1. The van der Waals surface area contributed by atoms with E-state index in [2.05, 4.69) is 36.9 Å². The van der Waals surface area contributed by atoms with Crippen molar-refractivity contribution in [1.29, 1.82) is 0 Å². The molecule has 0 bridgehead atoms. The Morgan fingerprint density at radius 2 is 1.81 bits per heavy atom. The summed E-state index contributed by atoms with van der Waals surface area (Å²) in [5, 5.41) is 7.10. The van der Waals surface area contributed by atoms with Gasteiger partial charge in [-0.3, -0.25) is 9.59 Å². The monoisotopic (exact) mass is 640 g/mol. The van der Waals surface area contributed by atoms with Gasteiger partial charge < -0.3 is 34.3 Å². The van der Waals surface area contributed by atoms with Gasteiger partial charge in [-0.2, -0.15) is 0 Å². The van der Waals surface area contributed by atoms with Crippen molar-refractivity contribution in [3.05, 3.63) is 60.3 Å². The zero-order valence-electron chi connectivity index (χ0n) is 28.0. The van der Waals surface area contributed by atoms with Crippen LogP contribution in [0.5, 0.6) is 0 Å². The fourth-order valence-electron chi connectivity index (χ4n) is 6.01. The third kappa shape index (κ3) is 7.32. The number of likely N-dealkylation sites (N-methyl/N-ethyl adjacent to an activating group) is 1. The summed E-state index contributed by atoms with van der Waals surface area (Å²) >= 11 is 0. The van der Waals surface area contributed by atoms with Gasteiger partial charge in [0.2, 0.25) is 5.91 Å². The summed E-state index contributed by atoms with van der Waals surface area (Å²) in [6, 6.07) is 10.6. The van der Waals surface area contributed by atoms with Gasteiger partial charge in [0, 0.05) is 56.4 Å². The van der Waals surface area contributed by atoms with Crippen LogP contribution in [0.4, 0.5) is 4.79 Å². The highest BCUT2D eigenvalue weighted by atomic mass is 16.6. The van der Waals surface area contributed by atoms with Crippen LogP contribution in [-0.2, 0) is 23.1 Å². The lowest BCUT2D eigenvalue weighted by Gasteiger charge is -2.24. The van der Waals surface area contributed by atoms with Crippen LogP contribution in [0.1, 0.15) is 44.0 Å². The number of benzene rings is 1. The number of hydrogen-bond acceptors (Lipinski definition) is 7. The lowest BCUT2D eigenvalue weighted by atomic mass is 10.1. The Balaban J connectivity index is 1.23. The number of hydrogen-bond donors (Lipinski definition) is 2. The van der Waals surface area contributed by atoms with Gasteiger partial charge >= 0.3 is 6.09 Å². The van der Waals surface area contributed by atoms with E-state index in [1.807, 2.05) is 44.4 Å². The van der Waals surface area contributed by atoms with Crippen LogP contribution in [0.3, 0.4) is 0 Å². The molecule has 12 heteroatoms. The van der Waals surface area contributed by atoms with Gasteiger partial charge in [0.15, 0.2) is 5.82 Å². The second-order valence-corrected chi connectivity index (χ2v) is 13.9. The van der Waals surface area contributed by atoms with Crippen LogP contribution < -0.4 is 10.6 Å². The standard InChI is InChI=1S/C35H44N8O4/c1-35(2,3)47-34(46)42-20-26(37-30(44)10-8-16-40(4)5)27(21-42)39-33(45)24-13-14-28-25(17-24)38-32(41(28)6)29-18-23-9-7-15-36-31(23)43(29)19-22-11-12-22/h7-10,13-15,17-18,22,26-27H,11-12,16,19-21H2,1-6H3,(H,37,44)(H,39,45)/b10-8+/t26-,27-/m0/s1. The summed E-state index contributed by atoms with van der Waals surface area (Å²) in [5.74, 6) is 0.856. The molecule has 1 aliphatic heterocycles. The van der Waals surface area contributed by atoms with E-state index in [0.29, 0.717) is 23.5 Å². The lowest BCUT2D eigenvalue weighted by molar-refractivity contribution is -0.117. The first-order valence-corrected chi connectivity index (χ1v) is 16.2. The van der Waals surface area contributed by atoms with E-state index < -0.39 is 23.8 Å². The number of nitrogens with zero attached hydrogens (tertiary/aromatic N) is 6. The van der Waals surface area contributed by atoms with E-state index in [9.17, 15) is 14.4 Å². The number of carbonyl (C=O) groups excluding carboxylic acids is 3. The molecule has 2 N–H and O–H groups in total. The van der Waals surface area contributed by atoms with Crippen molar-refractivity contribution < 1.29 is 19.1 Å². The van der Waals surface area contributed by atoms with Crippen molar-refractivity contribution in [2.24, 2.45) is 13.0 Å². The van der Waals surface area contributed by atoms with Gasteiger partial charge in [0.05, 0.1) is 28.8 Å². The molecule has 4 aromatic rings. The van der Waals surface area contributed by atoms with Gasteiger partial charge in [-0.1, -0.05) is 6.08 Å². The predicted octanol–water partition coefficient (Wildman–Crippen LogP) is 3.95. The number of aromatic nitrogens is 4. The smallest absolute Gasteiger partial charge is 0.410 e. The Bertz CT molecular complexity index is 1850. The van der Waals surface area contributed by atoms with Crippen molar-refractivity contribution in [1.82, 2.24) is 39.5 Å². The number of amides is 3. The van der Waals surface area contributed by atoms with Crippen molar-refractivity contribution in [3.63, 3.8) is 0 Å². The van der Waals surface area contributed by atoms with Crippen molar-refractivity contribution in [2.45, 2.75) is 57.8 Å². The van der Waals surface area contributed by atoms with Gasteiger partial charge in [-0.15, -0.1) is 0 Å². The highest BCUT2D eigenvalue weighted by Gasteiger charge is 2.39. The van der Waals surface area contributed by atoms with E-state index in [1.165, 1.54) is 23.8 Å². The molecule has 12 nitrogen and oxygen atoms in total. The first kappa shape index (κ1) is 32.2. The van der Waals surface area contributed by atoms with Gasteiger partial charge in [-0.25, -0.2) is 14.8 Å². The third-order valence-corrected chi connectivity index (χ3v) is 8.52. The molecule has 2 aliphatic rings. The number of likely N-dealkylation sites (tertiary alicyclic amines) is 1. The number of fused-ring (bicyclic) bond motifs is 2. The minimum atomic E-state index is -0.675. The molecule has 47 heavy (non-hydrogen) atoms. The Kier molecular flexibility index (Phi) is 8.80. The second-order valence-electron chi connectivity index (χ2n) is 13.9. The molecule has 0 radical (unpaired) electrons. The van der Waals surface area contributed by atoms with Gasteiger partial charge in [0.1, 0.15) is 11.2 Å². The van der Waals surface area contributed by atoms with Crippen LogP contribution >= 0.6 is 0 Å². The Morgan fingerprint density at radius 1 is 1.06 bits per heavy atom. The molecule has 1 aliphatic carbocycles. The Labute approximate surface area is 274 Å². The highest BCUT2D eigenvalue weighted by Crippen LogP contribution is 2.36. The summed E-state index contributed by atoms with van der Waals surface area (Å²) in [6.45, 7) is 7.33. The van der Waals surface area contributed by atoms with E-state index in [4.69, 9.17) is 9.72 Å². The fraction of sp³-hybridized carbons (Fsp3) is 0.457. The van der Waals surface area contributed by atoms with E-state index >= 15 is 0 Å². The maximum atomic E-state index is 13.7. The maximum absolute atomic E-state index is 13.7. The molecule has 1 saturated carbocycles. The summed E-state index contributed by atoms with van der Waals surface area (Å²) < 4.78 is 9.90. The summed E-state index contributed by atoms with van der Waals surface area (Å²) in [7, 11) is 5.82. The Morgan fingerprint density at radius 3 is 2.51 bits per heavy atom. The van der Waals surface area contributed by atoms with Crippen LogP contribution in [0.2, 0.25) is 0 Å². The summed E-state index contributed by atoms with van der Waals surface area (Å²) in [6.07, 6.45) is 7.02. The van der Waals surface area contributed by atoms with Crippen LogP contribution in [-0.4, -0.2) is 98.2 Å². The predicted molar refractivity (Wildman–Crippen MR) is 181 cm³/mol. The number of aryl methyl sites for hydroxylation is 1. The second kappa shape index (κ2) is 12.8. The normalized spacial score (nSPS) is 18.5. The topological polar surface area (TPSA) is 127 Å². The summed E-state index contributed by atoms with van der Waals surface area (Å²) in [5.41, 5.74) is 3.32. The molecular weight excluding hydrogens is 596 g/mol. The van der Waals surface area contributed by atoms with Crippen LogP contribution in [0.25, 0.3) is 33.6 Å². The summed E-state index contributed by atoms with van der Waals surface area (Å²) in [4.78, 5) is 52.5. The number of imidazole rings is 1. The first-order chi connectivity index (χ1) is 22.4. The number of carbonyl (C=O) groups is 3. The first-order valence-electron chi connectivity index (χ1n) is 16.2. The largest absolute Gasteiger partial charge is 0.444 e. The molecule has 0 unspecified atom stereocenters. The molecule has 3 aromatic heterocycles. The molecular formula is C35H44N8O4. The molecule has 6 rings (SSSR count). The molecule has 4 heterocycles. The van der Waals surface area contributed by atoms with E-state index in [1.54, 1.807) is 39.0 Å². The van der Waals surface area contributed by atoms with Crippen LogP contribution in [0, 0.1) is 5.92 Å². The number of nitrogens with one attached hydrogen (secondary N) is 2. The lowest BCUT2D eigenvalue weighted by Crippen LogP contribution is -2.50. The zero-order valence-corrected chi connectivity index (χ0v) is 28.0. The van der Waals surface area contributed by atoms with E-state index in [-0.39, 0.29) is 24.9 Å². The van der Waals surface area contributed by atoms with Gasteiger partial charge in [-0.05, 0) is 90.0 Å². The fourth-order valence-corrected chi connectivity index (χ4v) is 6.01. The molecule has 1 saturated heterocycles.